The fraction of sp³-hybridized carbons (Fsp3) is 0.0588. The van der Waals surface area contributed by atoms with Gasteiger partial charge >= 0.3 is 5.97 Å². The lowest BCUT2D eigenvalue weighted by Gasteiger charge is -2.18. The van der Waals surface area contributed by atoms with Gasteiger partial charge in [-0.25, -0.2) is 4.79 Å². The van der Waals surface area contributed by atoms with Crippen LogP contribution >= 0.6 is 11.3 Å². The maximum absolute atomic E-state index is 12.1. The molecule has 22 heavy (non-hydrogen) atoms. The molecule has 2 heterocycles. The minimum Gasteiger partial charge on any atom is -0.478 e. The third-order valence-electron chi connectivity index (χ3n) is 3.31. The highest BCUT2D eigenvalue weighted by molar-refractivity contribution is 7.11. The van der Waals surface area contributed by atoms with Crippen LogP contribution in [0.15, 0.2) is 47.4 Å². The molecule has 1 aliphatic rings. The van der Waals surface area contributed by atoms with Gasteiger partial charge in [-0.3, -0.25) is 4.79 Å². The molecule has 1 aliphatic heterocycles. The van der Waals surface area contributed by atoms with Crippen molar-refractivity contribution in [3.05, 3.63) is 63.4 Å². The number of hydrogen-bond donors (Lipinski definition) is 2. The van der Waals surface area contributed by atoms with E-state index in [1.807, 2.05) is 41.8 Å². The fourth-order valence-corrected chi connectivity index (χ4v) is 3.10. The first kappa shape index (κ1) is 14.3. The Bertz CT molecular complexity index is 802. The van der Waals surface area contributed by atoms with Crippen LogP contribution in [0.5, 0.6) is 0 Å². The summed E-state index contributed by atoms with van der Waals surface area (Å²) in [6.45, 7) is 0. The molecule has 5 heteroatoms. The number of anilines is 1. The lowest BCUT2D eigenvalue weighted by Crippen LogP contribution is -2.21. The molecule has 2 aromatic rings. The Morgan fingerprint density at radius 3 is 2.95 bits per heavy atom. The van der Waals surface area contributed by atoms with Gasteiger partial charge in [0.1, 0.15) is 0 Å². The average molecular weight is 311 g/mol. The van der Waals surface area contributed by atoms with E-state index < -0.39 is 5.97 Å². The molecular weight excluding hydrogens is 298 g/mol. The minimum absolute atomic E-state index is 0.0882. The molecule has 0 bridgehead atoms. The largest absolute Gasteiger partial charge is 0.478 e. The van der Waals surface area contributed by atoms with Crippen LogP contribution in [0.25, 0.3) is 12.2 Å². The van der Waals surface area contributed by atoms with E-state index in [1.54, 1.807) is 0 Å². The van der Waals surface area contributed by atoms with E-state index >= 15 is 0 Å². The highest BCUT2D eigenvalue weighted by Gasteiger charge is 2.19. The number of aliphatic carboxylic acids is 1. The number of carboxylic acid groups (broad SMARTS) is 1. The Kier molecular flexibility index (Phi) is 3.89. The molecule has 0 saturated heterocycles. The summed E-state index contributed by atoms with van der Waals surface area (Å²) >= 11 is 1.48. The van der Waals surface area contributed by atoms with Gasteiger partial charge in [0.05, 0.1) is 0 Å². The summed E-state index contributed by atoms with van der Waals surface area (Å²) in [5.41, 5.74) is 3.47. The van der Waals surface area contributed by atoms with Gasteiger partial charge in [0.2, 0.25) is 0 Å². The molecule has 0 saturated carbocycles. The molecule has 1 aromatic carbocycles. The molecular formula is C17H13NO3S. The second kappa shape index (κ2) is 5.99. The molecule has 110 valence electrons. The van der Waals surface area contributed by atoms with Crippen LogP contribution in [0.1, 0.15) is 16.0 Å². The predicted molar refractivity (Wildman–Crippen MR) is 87.7 cm³/mol. The molecule has 0 spiro atoms. The zero-order chi connectivity index (χ0) is 15.5. The Hall–Kier alpha value is -2.66. The number of hydrogen-bond acceptors (Lipinski definition) is 3. The van der Waals surface area contributed by atoms with Crippen LogP contribution in [-0.2, 0) is 16.0 Å². The number of carbonyl (C=O) groups excluding carboxylic acids is 1. The van der Waals surface area contributed by atoms with Crippen molar-refractivity contribution in [2.75, 3.05) is 5.32 Å². The zero-order valence-corrected chi connectivity index (χ0v) is 12.4. The number of thiophene rings is 1. The summed E-state index contributed by atoms with van der Waals surface area (Å²) in [7, 11) is 0. The van der Waals surface area contributed by atoms with E-state index in [-0.39, 0.29) is 5.91 Å². The van der Waals surface area contributed by atoms with E-state index in [9.17, 15) is 9.59 Å². The minimum atomic E-state index is -0.977. The number of nitrogens with one attached hydrogen (secondary N) is 1. The maximum Gasteiger partial charge on any atom is 0.328 e. The summed E-state index contributed by atoms with van der Waals surface area (Å²) in [6.07, 6.45) is 5.09. The van der Waals surface area contributed by atoms with Gasteiger partial charge in [-0.15, -0.1) is 11.3 Å². The first-order valence-corrected chi connectivity index (χ1v) is 7.59. The quantitative estimate of drug-likeness (QED) is 0.854. The van der Waals surface area contributed by atoms with Gasteiger partial charge in [0.25, 0.3) is 5.91 Å². The van der Waals surface area contributed by atoms with Gasteiger partial charge in [0.15, 0.2) is 0 Å². The highest BCUT2D eigenvalue weighted by atomic mass is 32.1. The summed E-state index contributed by atoms with van der Waals surface area (Å²) in [6, 6.07) is 9.61. The smallest absolute Gasteiger partial charge is 0.328 e. The zero-order valence-electron chi connectivity index (χ0n) is 11.6. The van der Waals surface area contributed by atoms with Crippen molar-refractivity contribution in [1.82, 2.24) is 0 Å². The van der Waals surface area contributed by atoms with Crippen molar-refractivity contribution in [3.8, 4) is 0 Å². The number of rotatable bonds is 3. The fourth-order valence-electron chi connectivity index (χ4n) is 2.27. The van der Waals surface area contributed by atoms with Gasteiger partial charge in [-0.1, -0.05) is 18.2 Å². The monoisotopic (exact) mass is 311 g/mol. The van der Waals surface area contributed by atoms with E-state index in [0.29, 0.717) is 12.0 Å². The van der Waals surface area contributed by atoms with Crippen LogP contribution in [0, 0.1) is 0 Å². The summed E-state index contributed by atoms with van der Waals surface area (Å²) < 4.78 is 0. The normalized spacial score (nSPS) is 15.8. The molecule has 0 atom stereocenters. The molecule has 0 fully saturated rings. The molecule has 2 N–H and O–H groups in total. The van der Waals surface area contributed by atoms with E-state index in [2.05, 4.69) is 5.32 Å². The lowest BCUT2D eigenvalue weighted by molar-refractivity contribution is -0.131. The molecule has 0 unspecified atom stereocenters. The van der Waals surface area contributed by atoms with Gasteiger partial charge in [-0.2, -0.15) is 0 Å². The average Bonchev–Trinajstić information content (AvgIpc) is 2.93. The van der Waals surface area contributed by atoms with Crippen molar-refractivity contribution in [3.63, 3.8) is 0 Å². The Morgan fingerprint density at radius 2 is 2.14 bits per heavy atom. The van der Waals surface area contributed by atoms with Crippen molar-refractivity contribution >= 4 is 41.1 Å². The summed E-state index contributed by atoms with van der Waals surface area (Å²) in [5.74, 6) is -1.07. The summed E-state index contributed by atoms with van der Waals surface area (Å²) in [5, 5.41) is 13.4. The third kappa shape index (κ3) is 3.15. The second-order valence-corrected chi connectivity index (χ2v) is 5.85. The second-order valence-electron chi connectivity index (χ2n) is 4.91. The standard InChI is InChI=1S/C17H13NO3S/c19-16(20)6-5-11-7-14(22-10-11)9-13-8-12-3-1-2-4-15(12)18-17(13)21/h1-7,9-10H,8H2,(H,18,21)(H,19,20)/b6-5+,13-9?. The van der Waals surface area contributed by atoms with Crippen LogP contribution in [0.3, 0.4) is 0 Å². The molecule has 1 amide bonds. The van der Waals surface area contributed by atoms with Crippen molar-refractivity contribution < 1.29 is 14.7 Å². The van der Waals surface area contributed by atoms with E-state index in [0.717, 1.165) is 27.8 Å². The number of benzene rings is 1. The number of amides is 1. The van der Waals surface area contributed by atoms with Crippen molar-refractivity contribution in [2.45, 2.75) is 6.42 Å². The number of carbonyl (C=O) groups is 2. The summed E-state index contributed by atoms with van der Waals surface area (Å²) in [4.78, 5) is 23.6. The first-order chi connectivity index (χ1) is 10.6. The highest BCUT2D eigenvalue weighted by Crippen LogP contribution is 2.27. The van der Waals surface area contributed by atoms with E-state index in [1.165, 1.54) is 17.4 Å². The number of fused-ring (bicyclic) bond motifs is 1. The predicted octanol–water partition coefficient (Wildman–Crippen LogP) is 3.42. The van der Waals surface area contributed by atoms with Crippen LogP contribution in [-0.4, -0.2) is 17.0 Å². The van der Waals surface area contributed by atoms with Crippen LogP contribution < -0.4 is 5.32 Å². The Labute approximate surface area is 131 Å². The Morgan fingerprint density at radius 1 is 1.32 bits per heavy atom. The molecule has 4 nitrogen and oxygen atoms in total. The van der Waals surface area contributed by atoms with Crippen molar-refractivity contribution in [2.24, 2.45) is 0 Å². The van der Waals surface area contributed by atoms with E-state index in [4.69, 9.17) is 5.11 Å². The lowest BCUT2D eigenvalue weighted by atomic mass is 9.98. The van der Waals surface area contributed by atoms with Crippen molar-refractivity contribution in [1.29, 1.82) is 0 Å². The third-order valence-corrected chi connectivity index (χ3v) is 4.21. The number of para-hydroxylation sites is 1. The van der Waals surface area contributed by atoms with Gasteiger partial charge < -0.3 is 10.4 Å². The SMILES string of the molecule is O=C(O)/C=C/c1csc(C=C2Cc3ccccc3NC2=O)c1. The van der Waals surface area contributed by atoms with Gasteiger partial charge in [0, 0.05) is 28.6 Å². The maximum atomic E-state index is 12.1. The molecule has 3 rings (SSSR count). The van der Waals surface area contributed by atoms with Crippen LogP contribution in [0.2, 0.25) is 0 Å². The first-order valence-electron chi connectivity index (χ1n) is 6.71. The van der Waals surface area contributed by atoms with Crippen LogP contribution in [0.4, 0.5) is 5.69 Å². The Balaban J connectivity index is 1.84. The number of carboxylic acids is 1. The van der Waals surface area contributed by atoms with Gasteiger partial charge in [-0.05, 0) is 40.8 Å². The molecule has 0 radical (unpaired) electrons. The topological polar surface area (TPSA) is 66.4 Å². The molecule has 0 aliphatic carbocycles. The molecule has 1 aromatic heterocycles.